The summed E-state index contributed by atoms with van der Waals surface area (Å²) in [6, 6.07) is 9.08. The molecule has 1 nitrogen and oxygen atoms in total. The van der Waals surface area contributed by atoms with Gasteiger partial charge in [-0.15, -0.1) is 0 Å². The Labute approximate surface area is 105 Å². The molecule has 0 saturated heterocycles. The molecule has 0 saturated carbocycles. The minimum Gasteiger partial charge on any atom is -0.309 e. The number of benzene rings is 1. The molecule has 0 aliphatic rings. The number of hydrogen-bond donors (Lipinski definition) is 1. The first-order chi connectivity index (χ1) is 7.26. The molecule has 0 aliphatic carbocycles. The van der Waals surface area contributed by atoms with Gasteiger partial charge in [0.05, 0.1) is 0 Å². The molecular weight excluding hydrogens is 270 g/mol. The van der Waals surface area contributed by atoms with E-state index in [0.29, 0.717) is 6.04 Å². The highest BCUT2D eigenvalue weighted by atomic mass is 79.9. The second-order valence-corrected chi connectivity index (χ2v) is 5.40. The Bertz CT molecular complexity index is 291. The minimum atomic E-state index is 0.624. The normalized spacial score (nSPS) is 12.7. The standard InChI is InChI=1S/C12H18BrNS/c1-3-12(9-15-2)14-8-10-5-4-6-11(13)7-10/h4-7,12,14H,3,8-9H2,1-2H3. The molecule has 1 aromatic rings. The highest BCUT2D eigenvalue weighted by Crippen LogP contribution is 2.12. The van der Waals surface area contributed by atoms with Crippen LogP contribution in [0.1, 0.15) is 18.9 Å². The van der Waals surface area contributed by atoms with Crippen LogP contribution in [0.4, 0.5) is 0 Å². The van der Waals surface area contributed by atoms with Crippen LogP contribution < -0.4 is 5.32 Å². The molecule has 1 N–H and O–H groups in total. The van der Waals surface area contributed by atoms with Crippen molar-refractivity contribution in [1.82, 2.24) is 5.32 Å². The molecule has 84 valence electrons. The molecule has 0 bridgehead atoms. The van der Waals surface area contributed by atoms with Gasteiger partial charge < -0.3 is 5.32 Å². The van der Waals surface area contributed by atoms with Gasteiger partial charge in [-0.25, -0.2) is 0 Å². The topological polar surface area (TPSA) is 12.0 Å². The fraction of sp³-hybridized carbons (Fsp3) is 0.500. The van der Waals surface area contributed by atoms with Crippen LogP contribution in [0.2, 0.25) is 0 Å². The number of nitrogens with one attached hydrogen (secondary N) is 1. The van der Waals surface area contributed by atoms with Crippen LogP contribution in [0, 0.1) is 0 Å². The third-order valence-corrected chi connectivity index (χ3v) is 3.57. The zero-order valence-corrected chi connectivity index (χ0v) is 11.7. The molecule has 1 aromatic carbocycles. The Morgan fingerprint density at radius 1 is 1.47 bits per heavy atom. The van der Waals surface area contributed by atoms with Crippen LogP contribution in [0.5, 0.6) is 0 Å². The maximum atomic E-state index is 3.57. The lowest BCUT2D eigenvalue weighted by atomic mass is 10.2. The van der Waals surface area contributed by atoms with Crippen LogP contribution in [-0.4, -0.2) is 18.1 Å². The lowest BCUT2D eigenvalue weighted by molar-refractivity contribution is 0.541. The molecule has 3 heteroatoms. The lowest BCUT2D eigenvalue weighted by Crippen LogP contribution is -2.30. The van der Waals surface area contributed by atoms with E-state index in [0.717, 1.165) is 11.0 Å². The van der Waals surface area contributed by atoms with Crippen molar-refractivity contribution in [3.05, 3.63) is 34.3 Å². The van der Waals surface area contributed by atoms with Gasteiger partial charge in [-0.1, -0.05) is 35.0 Å². The van der Waals surface area contributed by atoms with Gasteiger partial charge in [-0.05, 0) is 30.4 Å². The number of halogens is 1. The number of rotatable bonds is 6. The van der Waals surface area contributed by atoms with E-state index >= 15 is 0 Å². The van der Waals surface area contributed by atoms with E-state index in [9.17, 15) is 0 Å². The van der Waals surface area contributed by atoms with Crippen LogP contribution in [0.15, 0.2) is 28.7 Å². The molecule has 0 spiro atoms. The summed E-state index contributed by atoms with van der Waals surface area (Å²) in [5, 5.41) is 3.57. The second-order valence-electron chi connectivity index (χ2n) is 3.57. The average molecular weight is 288 g/mol. The fourth-order valence-electron chi connectivity index (χ4n) is 1.43. The van der Waals surface area contributed by atoms with Crippen LogP contribution in [-0.2, 0) is 6.54 Å². The van der Waals surface area contributed by atoms with E-state index in [1.807, 2.05) is 11.8 Å². The first-order valence-electron chi connectivity index (χ1n) is 5.23. The van der Waals surface area contributed by atoms with E-state index in [4.69, 9.17) is 0 Å². The maximum absolute atomic E-state index is 3.57. The van der Waals surface area contributed by atoms with Crippen molar-refractivity contribution in [2.75, 3.05) is 12.0 Å². The summed E-state index contributed by atoms with van der Waals surface area (Å²) in [5.74, 6) is 1.19. The number of thioether (sulfide) groups is 1. The Hall–Kier alpha value is 0.01000. The molecule has 0 amide bonds. The molecule has 0 aliphatic heterocycles. The highest BCUT2D eigenvalue weighted by Gasteiger charge is 2.04. The summed E-state index contributed by atoms with van der Waals surface area (Å²) in [6.07, 6.45) is 3.35. The predicted octanol–water partition coefficient (Wildman–Crippen LogP) is 3.68. The summed E-state index contributed by atoms with van der Waals surface area (Å²) in [6.45, 7) is 3.19. The molecular formula is C12H18BrNS. The second kappa shape index (κ2) is 7.31. The zero-order chi connectivity index (χ0) is 11.1. The Morgan fingerprint density at radius 3 is 2.87 bits per heavy atom. The summed E-state index contributed by atoms with van der Waals surface area (Å²) in [4.78, 5) is 0. The van der Waals surface area contributed by atoms with E-state index < -0.39 is 0 Å². The van der Waals surface area contributed by atoms with Crippen molar-refractivity contribution in [2.24, 2.45) is 0 Å². The first-order valence-corrected chi connectivity index (χ1v) is 7.41. The average Bonchev–Trinajstić information content (AvgIpc) is 2.24. The third kappa shape index (κ3) is 5.05. The Morgan fingerprint density at radius 2 is 2.27 bits per heavy atom. The fourth-order valence-corrected chi connectivity index (χ4v) is 2.63. The molecule has 0 heterocycles. The monoisotopic (exact) mass is 287 g/mol. The van der Waals surface area contributed by atoms with Crippen molar-refractivity contribution < 1.29 is 0 Å². The molecule has 1 rings (SSSR count). The van der Waals surface area contributed by atoms with Crippen molar-refractivity contribution in [2.45, 2.75) is 25.9 Å². The Kier molecular flexibility index (Phi) is 6.37. The Balaban J connectivity index is 2.41. The van der Waals surface area contributed by atoms with Gasteiger partial charge in [0.1, 0.15) is 0 Å². The van der Waals surface area contributed by atoms with Crippen LogP contribution in [0.3, 0.4) is 0 Å². The van der Waals surface area contributed by atoms with Crippen molar-refractivity contribution in [1.29, 1.82) is 0 Å². The van der Waals surface area contributed by atoms with Gasteiger partial charge in [0.25, 0.3) is 0 Å². The van der Waals surface area contributed by atoms with Crippen molar-refractivity contribution in [3.63, 3.8) is 0 Å². The van der Waals surface area contributed by atoms with Gasteiger partial charge >= 0.3 is 0 Å². The highest BCUT2D eigenvalue weighted by molar-refractivity contribution is 9.10. The summed E-state index contributed by atoms with van der Waals surface area (Å²) in [5.41, 5.74) is 1.34. The predicted molar refractivity (Wildman–Crippen MR) is 73.4 cm³/mol. The van der Waals surface area contributed by atoms with E-state index in [1.165, 1.54) is 17.7 Å². The van der Waals surface area contributed by atoms with Gasteiger partial charge in [-0.2, -0.15) is 11.8 Å². The van der Waals surface area contributed by atoms with Gasteiger partial charge in [0.15, 0.2) is 0 Å². The van der Waals surface area contributed by atoms with Crippen LogP contribution in [0.25, 0.3) is 0 Å². The van der Waals surface area contributed by atoms with Gasteiger partial charge in [0, 0.05) is 22.8 Å². The van der Waals surface area contributed by atoms with Crippen molar-refractivity contribution >= 4 is 27.7 Å². The van der Waals surface area contributed by atoms with E-state index in [1.54, 1.807) is 0 Å². The smallest absolute Gasteiger partial charge is 0.0208 e. The molecule has 0 fully saturated rings. The van der Waals surface area contributed by atoms with Crippen molar-refractivity contribution in [3.8, 4) is 0 Å². The quantitative estimate of drug-likeness (QED) is 0.857. The lowest BCUT2D eigenvalue weighted by Gasteiger charge is -2.15. The van der Waals surface area contributed by atoms with E-state index in [2.05, 4.69) is 58.7 Å². The maximum Gasteiger partial charge on any atom is 0.0208 e. The van der Waals surface area contributed by atoms with Gasteiger partial charge in [0.2, 0.25) is 0 Å². The summed E-state index contributed by atoms with van der Waals surface area (Å²) in [7, 11) is 0. The van der Waals surface area contributed by atoms with Gasteiger partial charge in [-0.3, -0.25) is 0 Å². The molecule has 0 radical (unpaired) electrons. The zero-order valence-electron chi connectivity index (χ0n) is 9.29. The minimum absolute atomic E-state index is 0.624. The summed E-state index contributed by atoms with van der Waals surface area (Å²) >= 11 is 5.39. The first kappa shape index (κ1) is 13.1. The molecule has 15 heavy (non-hydrogen) atoms. The third-order valence-electron chi connectivity index (χ3n) is 2.34. The molecule has 1 unspecified atom stereocenters. The number of hydrogen-bond acceptors (Lipinski definition) is 2. The summed E-state index contributed by atoms with van der Waals surface area (Å²) < 4.78 is 1.15. The molecule has 0 aromatic heterocycles. The molecule has 1 atom stereocenters. The largest absolute Gasteiger partial charge is 0.309 e. The SMILES string of the molecule is CCC(CSC)NCc1cccc(Br)c1. The van der Waals surface area contributed by atoms with Crippen LogP contribution >= 0.6 is 27.7 Å². The van der Waals surface area contributed by atoms with E-state index in [-0.39, 0.29) is 0 Å².